The molecule has 0 fully saturated rings. The Morgan fingerprint density at radius 3 is 1.82 bits per heavy atom. The molecule has 0 aromatic heterocycles. The summed E-state index contributed by atoms with van der Waals surface area (Å²) in [5.41, 5.74) is 2.88. The third kappa shape index (κ3) is 2.89. The Labute approximate surface area is 120 Å². The maximum absolute atomic E-state index is 6.11. The molecule has 0 unspecified atom stereocenters. The molecule has 0 saturated carbocycles. The van der Waals surface area contributed by atoms with Gasteiger partial charge >= 0.3 is 0 Å². The fraction of sp³-hybridized carbons (Fsp3) is 0.0769. The van der Waals surface area contributed by atoms with E-state index in [1.807, 2.05) is 30.3 Å². The Balaban J connectivity index is 2.46. The van der Waals surface area contributed by atoms with Crippen molar-refractivity contribution in [2.45, 2.75) is 5.88 Å². The number of rotatable bonds is 2. The molecule has 0 bridgehead atoms. The molecule has 0 N–H and O–H groups in total. The molecule has 17 heavy (non-hydrogen) atoms. The Bertz CT molecular complexity index is 549. The first kappa shape index (κ1) is 13.0. The smallest absolute Gasteiger partial charge is 0.0598 e. The van der Waals surface area contributed by atoms with Gasteiger partial charge in [-0.3, -0.25) is 0 Å². The van der Waals surface area contributed by atoms with E-state index < -0.39 is 0 Å². The highest BCUT2D eigenvalue weighted by Crippen LogP contribution is 2.31. The highest BCUT2D eigenvalue weighted by molar-refractivity contribution is 6.42. The summed E-state index contributed by atoms with van der Waals surface area (Å²) < 4.78 is 0. The fourth-order valence-corrected chi connectivity index (χ4v) is 2.36. The third-order valence-corrected chi connectivity index (χ3v) is 3.83. The van der Waals surface area contributed by atoms with Gasteiger partial charge in [-0.25, -0.2) is 0 Å². The summed E-state index contributed by atoms with van der Waals surface area (Å²) in [5.74, 6) is 0.403. The molecule has 0 atom stereocenters. The van der Waals surface area contributed by atoms with Gasteiger partial charge in [0.15, 0.2) is 0 Å². The lowest BCUT2D eigenvalue weighted by Crippen LogP contribution is -1.83. The van der Waals surface area contributed by atoms with Gasteiger partial charge in [0.2, 0.25) is 0 Å². The number of alkyl halides is 1. The van der Waals surface area contributed by atoms with Crippen LogP contribution in [0.4, 0.5) is 0 Å². The van der Waals surface area contributed by atoms with Crippen LogP contribution in [-0.2, 0) is 5.88 Å². The molecule has 0 nitrogen and oxygen atoms in total. The van der Waals surface area contributed by atoms with Gasteiger partial charge in [-0.05, 0) is 34.9 Å². The molecule has 2 rings (SSSR count). The standard InChI is InChI=1S/C13H8Cl4/c14-7-10-2-1-8(5-12(10)16)9-3-4-11(15)13(17)6-9/h1-6H,7H2. The summed E-state index contributed by atoms with van der Waals surface area (Å²) in [6.07, 6.45) is 0. The van der Waals surface area contributed by atoms with E-state index in [4.69, 9.17) is 46.4 Å². The minimum Gasteiger partial charge on any atom is -0.121 e. The molecule has 0 radical (unpaired) electrons. The number of hydrogen-bond donors (Lipinski definition) is 0. The predicted molar refractivity (Wildman–Crippen MR) is 76.5 cm³/mol. The first-order chi connectivity index (χ1) is 8.11. The van der Waals surface area contributed by atoms with Crippen LogP contribution in [0, 0.1) is 0 Å². The largest absolute Gasteiger partial charge is 0.121 e. The molecule has 0 heterocycles. The van der Waals surface area contributed by atoms with Gasteiger partial charge in [0.25, 0.3) is 0 Å². The topological polar surface area (TPSA) is 0 Å². The van der Waals surface area contributed by atoms with Crippen molar-refractivity contribution >= 4 is 46.4 Å². The average Bonchev–Trinajstić information content (AvgIpc) is 2.32. The predicted octanol–water partition coefficient (Wildman–Crippen LogP) is 6.05. The molecular weight excluding hydrogens is 298 g/mol. The highest BCUT2D eigenvalue weighted by atomic mass is 35.5. The molecule has 0 aliphatic heterocycles. The van der Waals surface area contributed by atoms with Crippen molar-refractivity contribution in [2.75, 3.05) is 0 Å². The van der Waals surface area contributed by atoms with Crippen LogP contribution in [0.5, 0.6) is 0 Å². The molecule has 0 aliphatic carbocycles. The van der Waals surface area contributed by atoms with E-state index in [1.165, 1.54) is 0 Å². The summed E-state index contributed by atoms with van der Waals surface area (Å²) in [6, 6.07) is 11.2. The van der Waals surface area contributed by atoms with E-state index in [2.05, 4.69) is 0 Å². The normalized spacial score (nSPS) is 10.6. The molecule has 0 amide bonds. The Morgan fingerprint density at radius 2 is 1.29 bits per heavy atom. The van der Waals surface area contributed by atoms with Gasteiger partial charge < -0.3 is 0 Å². The summed E-state index contributed by atoms with van der Waals surface area (Å²) >= 11 is 23.7. The van der Waals surface area contributed by atoms with Crippen molar-refractivity contribution < 1.29 is 0 Å². The second-order valence-corrected chi connectivity index (χ2v) is 5.06. The third-order valence-electron chi connectivity index (χ3n) is 2.45. The molecule has 88 valence electrons. The van der Waals surface area contributed by atoms with E-state index in [-0.39, 0.29) is 0 Å². The van der Waals surface area contributed by atoms with Crippen molar-refractivity contribution in [2.24, 2.45) is 0 Å². The van der Waals surface area contributed by atoms with Gasteiger partial charge in [0.1, 0.15) is 0 Å². The zero-order valence-corrected chi connectivity index (χ0v) is 11.7. The Hall–Kier alpha value is -0.400. The molecule has 2 aromatic rings. The van der Waals surface area contributed by atoms with E-state index in [1.54, 1.807) is 6.07 Å². The van der Waals surface area contributed by atoms with E-state index in [0.29, 0.717) is 20.9 Å². The summed E-state index contributed by atoms with van der Waals surface area (Å²) in [4.78, 5) is 0. The minimum absolute atomic E-state index is 0.403. The Morgan fingerprint density at radius 1 is 0.706 bits per heavy atom. The molecule has 0 spiro atoms. The van der Waals surface area contributed by atoms with Crippen LogP contribution >= 0.6 is 46.4 Å². The lowest BCUT2D eigenvalue weighted by Gasteiger charge is -2.06. The molecular formula is C13H8Cl4. The SMILES string of the molecule is ClCc1ccc(-c2ccc(Cl)c(Cl)c2)cc1Cl. The van der Waals surface area contributed by atoms with Crippen molar-refractivity contribution in [1.82, 2.24) is 0 Å². The Kier molecular flexibility index (Phi) is 4.22. The van der Waals surface area contributed by atoms with Crippen LogP contribution in [-0.4, -0.2) is 0 Å². The van der Waals surface area contributed by atoms with Gasteiger partial charge in [-0.2, -0.15) is 0 Å². The average molecular weight is 306 g/mol. The molecule has 0 saturated heterocycles. The van der Waals surface area contributed by atoms with Gasteiger partial charge in [0, 0.05) is 10.9 Å². The first-order valence-electron chi connectivity index (χ1n) is 4.91. The highest BCUT2D eigenvalue weighted by Gasteiger charge is 2.05. The van der Waals surface area contributed by atoms with E-state index in [9.17, 15) is 0 Å². The maximum atomic E-state index is 6.11. The lowest BCUT2D eigenvalue weighted by atomic mass is 10.0. The minimum atomic E-state index is 0.403. The zero-order chi connectivity index (χ0) is 12.4. The number of benzene rings is 2. The van der Waals surface area contributed by atoms with E-state index in [0.717, 1.165) is 16.7 Å². The molecule has 0 aliphatic rings. The van der Waals surface area contributed by atoms with Gasteiger partial charge in [-0.1, -0.05) is 53.0 Å². The first-order valence-corrected chi connectivity index (χ1v) is 6.58. The number of halogens is 4. The summed E-state index contributed by atoms with van der Waals surface area (Å²) in [7, 11) is 0. The fourth-order valence-electron chi connectivity index (χ4n) is 1.51. The van der Waals surface area contributed by atoms with Crippen LogP contribution < -0.4 is 0 Å². The maximum Gasteiger partial charge on any atom is 0.0598 e. The zero-order valence-electron chi connectivity index (χ0n) is 8.68. The van der Waals surface area contributed by atoms with Crippen LogP contribution in [0.25, 0.3) is 11.1 Å². The second-order valence-electron chi connectivity index (χ2n) is 3.57. The summed E-state index contributed by atoms with van der Waals surface area (Å²) in [5, 5.41) is 1.73. The van der Waals surface area contributed by atoms with Crippen molar-refractivity contribution in [1.29, 1.82) is 0 Å². The second kappa shape index (κ2) is 5.49. The molecule has 2 aromatic carbocycles. The summed E-state index contributed by atoms with van der Waals surface area (Å²) in [6.45, 7) is 0. The van der Waals surface area contributed by atoms with Crippen LogP contribution in [0.15, 0.2) is 36.4 Å². The van der Waals surface area contributed by atoms with Gasteiger partial charge in [0.05, 0.1) is 10.0 Å². The number of hydrogen-bond acceptors (Lipinski definition) is 0. The monoisotopic (exact) mass is 304 g/mol. The van der Waals surface area contributed by atoms with E-state index >= 15 is 0 Å². The van der Waals surface area contributed by atoms with Crippen molar-refractivity contribution in [3.63, 3.8) is 0 Å². The lowest BCUT2D eigenvalue weighted by molar-refractivity contribution is 1.40. The van der Waals surface area contributed by atoms with Gasteiger partial charge in [-0.15, -0.1) is 11.6 Å². The van der Waals surface area contributed by atoms with Crippen molar-refractivity contribution in [3.8, 4) is 11.1 Å². The quantitative estimate of drug-likeness (QED) is 0.592. The van der Waals surface area contributed by atoms with Crippen molar-refractivity contribution in [3.05, 3.63) is 57.0 Å². The van der Waals surface area contributed by atoms with Crippen LogP contribution in [0.2, 0.25) is 15.1 Å². The molecule has 4 heteroatoms. The van der Waals surface area contributed by atoms with Crippen LogP contribution in [0.3, 0.4) is 0 Å². The van der Waals surface area contributed by atoms with Crippen LogP contribution in [0.1, 0.15) is 5.56 Å².